The Kier molecular flexibility index (Phi) is 5.87. The van der Waals surface area contributed by atoms with Gasteiger partial charge in [-0.3, -0.25) is 4.90 Å². The summed E-state index contributed by atoms with van der Waals surface area (Å²) in [4.78, 5) is 15.0. The Morgan fingerprint density at radius 1 is 1.21 bits per heavy atom. The quantitative estimate of drug-likeness (QED) is 0.602. The van der Waals surface area contributed by atoms with Crippen molar-refractivity contribution in [2.24, 2.45) is 5.92 Å². The van der Waals surface area contributed by atoms with Crippen molar-refractivity contribution in [3.05, 3.63) is 63.1 Å². The molecule has 6 nitrogen and oxygen atoms in total. The Balaban J connectivity index is 1.54. The number of hydrogen-bond donors (Lipinski definition) is 1. The molecule has 0 unspecified atom stereocenters. The fourth-order valence-electron chi connectivity index (χ4n) is 3.72. The van der Waals surface area contributed by atoms with Crippen molar-refractivity contribution >= 4 is 32.3 Å². The minimum Gasteiger partial charge on any atom is -0.423 e. The fraction of sp³-hybridized carbons (Fsp3) is 0.381. The highest BCUT2D eigenvalue weighted by Crippen LogP contribution is 2.29. The van der Waals surface area contributed by atoms with E-state index in [0.717, 1.165) is 25.9 Å². The number of likely N-dealkylation sites (tertiary alicyclic amines) is 1. The Morgan fingerprint density at radius 3 is 2.72 bits per heavy atom. The van der Waals surface area contributed by atoms with Crippen LogP contribution >= 0.6 is 11.3 Å². The van der Waals surface area contributed by atoms with Crippen molar-refractivity contribution in [1.29, 1.82) is 0 Å². The molecule has 3 heterocycles. The second-order valence-electron chi connectivity index (χ2n) is 7.56. The first kappa shape index (κ1) is 20.3. The van der Waals surface area contributed by atoms with Gasteiger partial charge in [-0.05, 0) is 67.6 Å². The maximum Gasteiger partial charge on any atom is 0.336 e. The molecule has 29 heavy (non-hydrogen) atoms. The molecule has 1 saturated heterocycles. The number of rotatable bonds is 6. The normalized spacial score (nSPS) is 17.6. The molecule has 0 amide bonds. The smallest absolute Gasteiger partial charge is 0.336 e. The summed E-state index contributed by atoms with van der Waals surface area (Å²) in [6, 6.07) is 11.5. The van der Waals surface area contributed by atoms with Crippen molar-refractivity contribution < 1.29 is 12.8 Å². The predicted molar refractivity (Wildman–Crippen MR) is 115 cm³/mol. The molecular weight excluding hydrogens is 408 g/mol. The summed E-state index contributed by atoms with van der Waals surface area (Å²) in [6.07, 6.45) is 2.26. The van der Waals surface area contributed by atoms with Crippen LogP contribution in [-0.4, -0.2) is 33.0 Å². The van der Waals surface area contributed by atoms with E-state index < -0.39 is 15.6 Å². The largest absolute Gasteiger partial charge is 0.423 e. The lowest BCUT2D eigenvalue weighted by Gasteiger charge is -2.36. The van der Waals surface area contributed by atoms with Crippen LogP contribution in [0.25, 0.3) is 11.0 Å². The van der Waals surface area contributed by atoms with E-state index in [4.69, 9.17) is 4.42 Å². The molecule has 154 valence electrons. The zero-order valence-electron chi connectivity index (χ0n) is 16.2. The highest BCUT2D eigenvalue weighted by Gasteiger charge is 2.27. The second kappa shape index (κ2) is 8.39. The van der Waals surface area contributed by atoms with Gasteiger partial charge in [0.1, 0.15) is 5.58 Å². The number of nitrogens with one attached hydrogen (secondary N) is 1. The summed E-state index contributed by atoms with van der Waals surface area (Å²) in [6.45, 7) is 4.53. The molecule has 4 rings (SSSR count). The number of benzene rings is 1. The van der Waals surface area contributed by atoms with Crippen LogP contribution < -0.4 is 10.3 Å². The van der Waals surface area contributed by atoms with E-state index in [-0.39, 0.29) is 10.9 Å². The van der Waals surface area contributed by atoms with Crippen LogP contribution in [0.4, 0.5) is 0 Å². The molecule has 3 aromatic rings. The summed E-state index contributed by atoms with van der Waals surface area (Å²) < 4.78 is 33.7. The van der Waals surface area contributed by atoms with Crippen LogP contribution in [-0.2, 0) is 10.0 Å². The summed E-state index contributed by atoms with van der Waals surface area (Å²) >= 11 is 1.66. The van der Waals surface area contributed by atoms with E-state index in [9.17, 15) is 13.2 Å². The maximum atomic E-state index is 12.9. The molecule has 8 heteroatoms. The van der Waals surface area contributed by atoms with E-state index in [1.165, 1.54) is 29.1 Å². The van der Waals surface area contributed by atoms with Gasteiger partial charge in [0, 0.05) is 22.9 Å². The Hall–Kier alpha value is -2.00. The molecule has 2 aromatic heterocycles. The number of thiophene rings is 1. The van der Waals surface area contributed by atoms with E-state index in [0.29, 0.717) is 23.4 Å². The van der Waals surface area contributed by atoms with Crippen LogP contribution in [0.2, 0.25) is 0 Å². The monoisotopic (exact) mass is 432 g/mol. The Bertz CT molecular complexity index is 1130. The van der Waals surface area contributed by atoms with Gasteiger partial charge < -0.3 is 4.42 Å². The third-order valence-electron chi connectivity index (χ3n) is 5.50. The highest BCUT2D eigenvalue weighted by atomic mass is 32.2. The van der Waals surface area contributed by atoms with E-state index in [2.05, 4.69) is 22.6 Å². The zero-order valence-corrected chi connectivity index (χ0v) is 17.8. The summed E-state index contributed by atoms with van der Waals surface area (Å²) in [5, 5.41) is 2.60. The third kappa shape index (κ3) is 4.61. The maximum absolute atomic E-state index is 12.9. The molecule has 1 aliphatic rings. The SMILES string of the molecule is CC1CCN([C@H](CNS(=O)(=O)c2ccc3oc(=O)ccc3c2)c2cccs2)CC1. The standard InChI is InChI=1S/C21H24N2O4S2/c1-15-8-10-23(11-9-15)18(20-3-2-12-28-20)14-22-29(25,26)17-5-6-19-16(13-17)4-7-21(24)27-19/h2-7,12-13,15,18,22H,8-11,14H2,1H3/t18-/m1/s1. The second-order valence-corrected chi connectivity index (χ2v) is 10.3. The van der Waals surface area contributed by atoms with Gasteiger partial charge in [-0.1, -0.05) is 13.0 Å². The number of fused-ring (bicyclic) bond motifs is 1. The lowest BCUT2D eigenvalue weighted by atomic mass is 9.97. The van der Waals surface area contributed by atoms with Crippen LogP contribution in [0, 0.1) is 5.92 Å². The van der Waals surface area contributed by atoms with Crippen molar-refractivity contribution in [2.75, 3.05) is 19.6 Å². The van der Waals surface area contributed by atoms with E-state index in [1.54, 1.807) is 17.4 Å². The van der Waals surface area contributed by atoms with Crippen LogP contribution in [0.15, 0.2) is 62.0 Å². The first-order chi connectivity index (χ1) is 13.9. The molecule has 0 saturated carbocycles. The van der Waals surface area contributed by atoms with Crippen molar-refractivity contribution in [2.45, 2.75) is 30.7 Å². The topological polar surface area (TPSA) is 79.6 Å². The molecular formula is C21H24N2O4S2. The number of piperidine rings is 1. The van der Waals surface area contributed by atoms with Crippen molar-refractivity contribution in [1.82, 2.24) is 9.62 Å². The molecule has 0 spiro atoms. The third-order valence-corrected chi connectivity index (χ3v) is 7.89. The lowest BCUT2D eigenvalue weighted by molar-refractivity contribution is 0.141. The van der Waals surface area contributed by atoms with E-state index in [1.807, 2.05) is 11.4 Å². The average Bonchev–Trinajstić information content (AvgIpc) is 3.23. The van der Waals surface area contributed by atoms with Gasteiger partial charge in [0.2, 0.25) is 10.0 Å². The number of hydrogen-bond acceptors (Lipinski definition) is 6. The van der Waals surface area contributed by atoms with Gasteiger partial charge in [-0.25, -0.2) is 17.9 Å². The molecule has 1 fully saturated rings. The van der Waals surface area contributed by atoms with Crippen molar-refractivity contribution in [3.8, 4) is 0 Å². The Morgan fingerprint density at radius 2 is 2.00 bits per heavy atom. The molecule has 1 aliphatic heterocycles. The molecule has 0 aliphatic carbocycles. The van der Waals surface area contributed by atoms with Gasteiger partial charge >= 0.3 is 5.63 Å². The first-order valence-corrected chi connectivity index (χ1v) is 12.1. The van der Waals surface area contributed by atoms with Gasteiger partial charge in [-0.2, -0.15) is 0 Å². The summed E-state index contributed by atoms with van der Waals surface area (Å²) in [5.41, 5.74) is -0.0868. The highest BCUT2D eigenvalue weighted by molar-refractivity contribution is 7.89. The van der Waals surface area contributed by atoms with Gasteiger partial charge in [0.05, 0.1) is 10.9 Å². The Labute approximate surface area is 174 Å². The van der Waals surface area contributed by atoms with Crippen molar-refractivity contribution in [3.63, 3.8) is 0 Å². The number of nitrogens with zero attached hydrogens (tertiary/aromatic N) is 1. The number of sulfonamides is 1. The predicted octanol–water partition coefficient (Wildman–Crippen LogP) is 3.61. The van der Waals surface area contributed by atoms with Gasteiger partial charge in [-0.15, -0.1) is 11.3 Å². The van der Waals surface area contributed by atoms with Gasteiger partial charge in [0.25, 0.3) is 0 Å². The van der Waals surface area contributed by atoms with Crippen LogP contribution in [0.3, 0.4) is 0 Å². The molecule has 0 radical (unpaired) electrons. The van der Waals surface area contributed by atoms with Crippen LogP contribution in [0.5, 0.6) is 0 Å². The molecule has 1 atom stereocenters. The molecule has 1 aromatic carbocycles. The van der Waals surface area contributed by atoms with Crippen LogP contribution in [0.1, 0.15) is 30.7 Å². The first-order valence-electron chi connectivity index (χ1n) is 9.73. The van der Waals surface area contributed by atoms with Gasteiger partial charge in [0.15, 0.2) is 0 Å². The molecule has 1 N–H and O–H groups in total. The molecule has 0 bridgehead atoms. The summed E-state index contributed by atoms with van der Waals surface area (Å²) in [5.74, 6) is 0.713. The fourth-order valence-corrected chi connectivity index (χ4v) is 5.65. The summed E-state index contributed by atoms with van der Waals surface area (Å²) in [7, 11) is -3.69. The van der Waals surface area contributed by atoms with E-state index >= 15 is 0 Å². The minimum absolute atomic E-state index is 0.0238. The lowest BCUT2D eigenvalue weighted by Crippen LogP contribution is -2.41. The average molecular weight is 433 g/mol. The zero-order chi connectivity index (χ0) is 20.4. The minimum atomic E-state index is -3.69.